The van der Waals surface area contributed by atoms with Crippen molar-refractivity contribution in [2.24, 2.45) is 0 Å². The van der Waals surface area contributed by atoms with E-state index in [0.29, 0.717) is 26.3 Å². The third-order valence-corrected chi connectivity index (χ3v) is 5.44. The van der Waals surface area contributed by atoms with Crippen LogP contribution in [0.25, 0.3) is 0 Å². The van der Waals surface area contributed by atoms with Crippen LogP contribution in [0.4, 0.5) is 0 Å². The monoisotopic (exact) mass is 418 g/mol. The van der Waals surface area contributed by atoms with Crippen LogP contribution < -0.4 is 10.2 Å². The summed E-state index contributed by atoms with van der Waals surface area (Å²) in [5.74, 6) is 0.233. The van der Waals surface area contributed by atoms with Crippen molar-refractivity contribution >= 4 is 5.91 Å². The summed E-state index contributed by atoms with van der Waals surface area (Å²) in [6.07, 6.45) is 1.51. The number of aryl methyl sites for hydroxylation is 1. The number of rotatable bonds is 6. The fourth-order valence-electron chi connectivity index (χ4n) is 3.66. The molecule has 1 unspecified atom stereocenters. The molecule has 0 N–H and O–H groups in total. The molecule has 1 aliphatic rings. The third kappa shape index (κ3) is 5.22. The van der Waals surface area contributed by atoms with E-state index in [-0.39, 0.29) is 29.7 Å². The summed E-state index contributed by atoms with van der Waals surface area (Å²) in [6, 6.07) is 21.1. The van der Waals surface area contributed by atoms with Gasteiger partial charge < -0.3 is 18.9 Å². The lowest BCUT2D eigenvalue weighted by atomic mass is 10.1. The van der Waals surface area contributed by atoms with Gasteiger partial charge in [0.05, 0.1) is 19.3 Å². The zero-order valence-corrected chi connectivity index (χ0v) is 17.6. The lowest BCUT2D eigenvalue weighted by Gasteiger charge is -2.33. The number of hydrogen-bond acceptors (Lipinski definition) is 4. The van der Waals surface area contributed by atoms with E-state index in [1.165, 1.54) is 6.07 Å². The van der Waals surface area contributed by atoms with Crippen LogP contribution in [0.1, 0.15) is 22.9 Å². The van der Waals surface area contributed by atoms with Gasteiger partial charge in [0.25, 0.3) is 0 Å². The highest BCUT2D eigenvalue weighted by Crippen LogP contribution is 2.22. The standard InChI is InChI=1S/C25H26N2O4/c1-19-14-22(28)24(31-18-20-8-4-2-5-9-20)16-27(19)17-25(29)26-12-13-30-23(15-26)21-10-6-3-7-11-21/h2-11,14,16,23H,12-13,15,17-18H2,1H3. The molecule has 3 aromatic rings. The van der Waals surface area contributed by atoms with Gasteiger partial charge in [0.1, 0.15) is 19.3 Å². The first-order chi connectivity index (χ1) is 15.1. The molecule has 0 spiro atoms. The first kappa shape index (κ1) is 20.9. The maximum Gasteiger partial charge on any atom is 0.242 e. The van der Waals surface area contributed by atoms with E-state index in [2.05, 4.69) is 0 Å². The molecule has 31 heavy (non-hydrogen) atoms. The van der Waals surface area contributed by atoms with Crippen molar-refractivity contribution in [2.75, 3.05) is 19.7 Å². The Bertz CT molecular complexity index is 1080. The van der Waals surface area contributed by atoms with Gasteiger partial charge in [-0.05, 0) is 18.1 Å². The Kier molecular flexibility index (Phi) is 6.48. The molecular weight excluding hydrogens is 392 g/mol. The second kappa shape index (κ2) is 9.62. The topological polar surface area (TPSA) is 60.8 Å². The van der Waals surface area contributed by atoms with Gasteiger partial charge in [0.15, 0.2) is 5.75 Å². The summed E-state index contributed by atoms with van der Waals surface area (Å²) in [5.41, 5.74) is 2.58. The number of hydrogen-bond donors (Lipinski definition) is 0. The zero-order chi connectivity index (χ0) is 21.6. The van der Waals surface area contributed by atoms with Crippen LogP contribution in [0.2, 0.25) is 0 Å². The highest BCUT2D eigenvalue weighted by atomic mass is 16.5. The van der Waals surface area contributed by atoms with Crippen molar-refractivity contribution < 1.29 is 14.3 Å². The SMILES string of the molecule is Cc1cc(=O)c(OCc2ccccc2)cn1CC(=O)N1CCOC(c2ccccc2)C1. The van der Waals surface area contributed by atoms with Crippen molar-refractivity contribution in [2.45, 2.75) is 26.2 Å². The first-order valence-electron chi connectivity index (χ1n) is 10.4. The Morgan fingerprint density at radius 2 is 1.81 bits per heavy atom. The van der Waals surface area contributed by atoms with Gasteiger partial charge in [-0.3, -0.25) is 9.59 Å². The van der Waals surface area contributed by atoms with Crippen molar-refractivity contribution in [1.29, 1.82) is 0 Å². The van der Waals surface area contributed by atoms with Crippen LogP contribution in [-0.2, 0) is 22.7 Å². The molecule has 2 aromatic carbocycles. The van der Waals surface area contributed by atoms with Crippen LogP contribution in [-0.4, -0.2) is 35.1 Å². The Balaban J connectivity index is 1.44. The molecule has 0 saturated carbocycles. The van der Waals surface area contributed by atoms with Crippen LogP contribution in [0.3, 0.4) is 0 Å². The second-order valence-electron chi connectivity index (χ2n) is 7.66. The van der Waals surface area contributed by atoms with Crippen molar-refractivity contribution in [3.63, 3.8) is 0 Å². The van der Waals surface area contributed by atoms with Crippen LogP contribution >= 0.6 is 0 Å². The van der Waals surface area contributed by atoms with Crippen LogP contribution in [0.5, 0.6) is 5.75 Å². The minimum atomic E-state index is -0.187. The van der Waals surface area contributed by atoms with Crippen molar-refractivity contribution in [1.82, 2.24) is 9.47 Å². The van der Waals surface area contributed by atoms with Crippen molar-refractivity contribution in [3.8, 4) is 5.75 Å². The highest BCUT2D eigenvalue weighted by Gasteiger charge is 2.25. The molecule has 1 aromatic heterocycles. The number of amides is 1. The maximum absolute atomic E-state index is 13.0. The van der Waals surface area contributed by atoms with E-state index in [9.17, 15) is 9.59 Å². The molecule has 6 nitrogen and oxygen atoms in total. The largest absolute Gasteiger partial charge is 0.483 e. The predicted molar refractivity (Wildman–Crippen MR) is 118 cm³/mol. The Morgan fingerprint density at radius 3 is 2.55 bits per heavy atom. The average Bonchev–Trinajstić information content (AvgIpc) is 2.81. The average molecular weight is 418 g/mol. The molecule has 1 saturated heterocycles. The lowest BCUT2D eigenvalue weighted by molar-refractivity contribution is -0.139. The fraction of sp³-hybridized carbons (Fsp3) is 0.280. The van der Waals surface area contributed by atoms with Crippen LogP contribution in [0, 0.1) is 6.92 Å². The summed E-state index contributed by atoms with van der Waals surface area (Å²) in [7, 11) is 0. The molecule has 1 aliphatic heterocycles. The number of carbonyl (C=O) groups is 1. The molecule has 1 atom stereocenters. The minimum absolute atomic E-state index is 0.00927. The third-order valence-electron chi connectivity index (χ3n) is 5.44. The van der Waals surface area contributed by atoms with E-state index in [0.717, 1.165) is 16.8 Å². The summed E-state index contributed by atoms with van der Waals surface area (Å²) >= 11 is 0. The Hall–Kier alpha value is -3.38. The van der Waals surface area contributed by atoms with Gasteiger partial charge in [0, 0.05) is 18.3 Å². The molecular formula is C25H26N2O4. The molecule has 1 fully saturated rings. The van der Waals surface area contributed by atoms with Gasteiger partial charge in [-0.2, -0.15) is 0 Å². The first-order valence-corrected chi connectivity index (χ1v) is 10.4. The number of morpholine rings is 1. The molecule has 4 rings (SSSR count). The van der Waals surface area contributed by atoms with E-state index >= 15 is 0 Å². The Morgan fingerprint density at radius 1 is 1.10 bits per heavy atom. The zero-order valence-electron chi connectivity index (χ0n) is 17.6. The quantitative estimate of drug-likeness (QED) is 0.616. The van der Waals surface area contributed by atoms with Gasteiger partial charge in [-0.1, -0.05) is 60.7 Å². The lowest BCUT2D eigenvalue weighted by Crippen LogP contribution is -2.43. The molecule has 6 heteroatoms. The molecule has 0 radical (unpaired) electrons. The minimum Gasteiger partial charge on any atom is -0.483 e. The summed E-state index contributed by atoms with van der Waals surface area (Å²) in [4.78, 5) is 27.2. The number of nitrogens with zero attached hydrogens (tertiary/aromatic N) is 2. The summed E-state index contributed by atoms with van der Waals surface area (Å²) in [5, 5.41) is 0. The number of aromatic nitrogens is 1. The molecule has 2 heterocycles. The molecule has 0 bridgehead atoms. The maximum atomic E-state index is 13.0. The normalized spacial score (nSPS) is 16.2. The van der Waals surface area contributed by atoms with E-state index in [1.54, 1.807) is 10.8 Å². The summed E-state index contributed by atoms with van der Waals surface area (Å²) < 4.78 is 13.4. The Labute approximate surface area is 181 Å². The number of benzene rings is 2. The van der Waals surface area contributed by atoms with Gasteiger partial charge in [-0.25, -0.2) is 0 Å². The van der Waals surface area contributed by atoms with Crippen molar-refractivity contribution in [3.05, 3.63) is 100.0 Å². The van der Waals surface area contributed by atoms with E-state index in [4.69, 9.17) is 9.47 Å². The molecule has 160 valence electrons. The van der Waals surface area contributed by atoms with Gasteiger partial charge >= 0.3 is 0 Å². The smallest absolute Gasteiger partial charge is 0.242 e. The van der Waals surface area contributed by atoms with Gasteiger partial charge in [0.2, 0.25) is 11.3 Å². The second-order valence-corrected chi connectivity index (χ2v) is 7.66. The van der Waals surface area contributed by atoms with E-state index < -0.39 is 0 Å². The fourth-order valence-corrected chi connectivity index (χ4v) is 3.66. The highest BCUT2D eigenvalue weighted by molar-refractivity contribution is 5.76. The number of pyridine rings is 1. The van der Waals surface area contributed by atoms with Crippen LogP contribution in [0.15, 0.2) is 77.7 Å². The number of ether oxygens (including phenoxy) is 2. The predicted octanol–water partition coefficient (Wildman–Crippen LogP) is 3.34. The molecule has 1 amide bonds. The number of carbonyl (C=O) groups excluding carboxylic acids is 1. The summed E-state index contributed by atoms with van der Waals surface area (Å²) in [6.45, 7) is 3.84. The molecule has 0 aliphatic carbocycles. The van der Waals surface area contributed by atoms with Gasteiger partial charge in [-0.15, -0.1) is 0 Å². The van der Waals surface area contributed by atoms with E-state index in [1.807, 2.05) is 72.5 Å².